The van der Waals surface area contributed by atoms with Crippen LogP contribution in [0.1, 0.15) is 37.6 Å². The van der Waals surface area contributed by atoms with E-state index in [9.17, 15) is 14.7 Å². The first-order chi connectivity index (χ1) is 12.0. The molecular weight excluding hydrogens is 318 g/mol. The van der Waals surface area contributed by atoms with E-state index in [1.165, 1.54) is 4.90 Å². The van der Waals surface area contributed by atoms with E-state index in [0.717, 1.165) is 12.2 Å². The molecule has 0 saturated carbocycles. The molecule has 0 atom stereocenters. The Bertz CT molecular complexity index is 661. The predicted molar refractivity (Wildman–Crippen MR) is 101 cm³/mol. The molecule has 1 aliphatic rings. The van der Waals surface area contributed by atoms with Gasteiger partial charge >= 0.3 is 0 Å². The van der Waals surface area contributed by atoms with Crippen molar-refractivity contribution in [1.29, 1.82) is 0 Å². The molecule has 2 rings (SSSR count). The summed E-state index contributed by atoms with van der Waals surface area (Å²) >= 11 is 0. The highest BCUT2D eigenvalue weighted by molar-refractivity contribution is 6.07. The van der Waals surface area contributed by atoms with E-state index >= 15 is 0 Å². The molecule has 0 fully saturated rings. The summed E-state index contributed by atoms with van der Waals surface area (Å²) in [5.41, 5.74) is 1.82. The van der Waals surface area contributed by atoms with Crippen LogP contribution in [0.3, 0.4) is 0 Å². The summed E-state index contributed by atoms with van der Waals surface area (Å²) in [6, 6.07) is 4.84. The number of phenolic OH excluding ortho intramolecular Hbond substituents is 1. The topological polar surface area (TPSA) is 81.7 Å². The number of phenols is 1. The summed E-state index contributed by atoms with van der Waals surface area (Å²) in [7, 11) is 3.23. The van der Waals surface area contributed by atoms with Gasteiger partial charge in [-0.2, -0.15) is 0 Å². The standard InChI is InChI=1S/C15H19N3O3.C2H6.C2H2/c1-4-16-11-8-12(19)13(11)17-10-7-5-6-9(14(10)20)15(21)18(2)3;2*1-2/h5-7,16-17,20H,4,8H2,1-3H3;1-2H3;1-2H. The van der Waals surface area contributed by atoms with Crippen molar-refractivity contribution in [2.45, 2.75) is 27.2 Å². The summed E-state index contributed by atoms with van der Waals surface area (Å²) in [6.45, 7) is 6.67. The third kappa shape index (κ3) is 5.28. The maximum Gasteiger partial charge on any atom is 0.257 e. The second kappa shape index (κ2) is 10.8. The lowest BCUT2D eigenvalue weighted by Gasteiger charge is -2.25. The molecule has 0 aromatic heterocycles. The number of aromatic hydroxyl groups is 1. The van der Waals surface area contributed by atoms with Gasteiger partial charge in [-0.05, 0) is 19.1 Å². The van der Waals surface area contributed by atoms with Gasteiger partial charge in [-0.1, -0.05) is 19.9 Å². The van der Waals surface area contributed by atoms with Gasteiger partial charge in [0.1, 0.15) is 5.70 Å². The molecule has 0 spiro atoms. The Hall–Kier alpha value is -2.94. The number of allylic oxidation sites excluding steroid dienone is 2. The molecule has 0 saturated heterocycles. The quantitative estimate of drug-likeness (QED) is 0.564. The lowest BCUT2D eigenvalue weighted by Crippen LogP contribution is -2.32. The maximum absolute atomic E-state index is 12.0. The fourth-order valence-electron chi connectivity index (χ4n) is 2.10. The molecule has 3 N–H and O–H groups in total. The number of rotatable bonds is 5. The van der Waals surface area contributed by atoms with Crippen molar-refractivity contribution in [1.82, 2.24) is 10.2 Å². The number of para-hydroxylation sites is 1. The van der Waals surface area contributed by atoms with Gasteiger partial charge in [-0.3, -0.25) is 9.59 Å². The van der Waals surface area contributed by atoms with Gasteiger partial charge in [-0.25, -0.2) is 0 Å². The molecule has 0 heterocycles. The van der Waals surface area contributed by atoms with Crippen LogP contribution in [0.15, 0.2) is 29.6 Å². The molecule has 25 heavy (non-hydrogen) atoms. The van der Waals surface area contributed by atoms with E-state index in [2.05, 4.69) is 23.5 Å². The second-order valence-corrected chi connectivity index (χ2v) is 5.01. The number of anilines is 1. The van der Waals surface area contributed by atoms with Crippen molar-refractivity contribution < 1.29 is 14.7 Å². The Kier molecular flexibility index (Phi) is 9.50. The van der Waals surface area contributed by atoms with Crippen molar-refractivity contribution in [2.24, 2.45) is 0 Å². The van der Waals surface area contributed by atoms with Crippen LogP contribution in [0, 0.1) is 12.8 Å². The number of hydrogen-bond donors (Lipinski definition) is 3. The fraction of sp³-hybridized carbons (Fsp3) is 0.368. The van der Waals surface area contributed by atoms with E-state index in [4.69, 9.17) is 0 Å². The first-order valence-corrected chi connectivity index (χ1v) is 8.10. The minimum absolute atomic E-state index is 0.0188. The van der Waals surface area contributed by atoms with Gasteiger partial charge in [0, 0.05) is 26.3 Å². The van der Waals surface area contributed by atoms with Gasteiger partial charge in [-0.15, -0.1) is 12.8 Å². The van der Waals surface area contributed by atoms with Crippen LogP contribution >= 0.6 is 0 Å². The van der Waals surface area contributed by atoms with E-state index in [1.807, 2.05) is 20.8 Å². The van der Waals surface area contributed by atoms with E-state index in [-0.39, 0.29) is 23.0 Å². The van der Waals surface area contributed by atoms with Gasteiger partial charge in [0.05, 0.1) is 17.7 Å². The first-order valence-electron chi connectivity index (χ1n) is 8.10. The van der Waals surface area contributed by atoms with E-state index < -0.39 is 0 Å². The normalized spacial score (nSPS) is 11.9. The molecule has 0 radical (unpaired) electrons. The largest absolute Gasteiger partial charge is 0.505 e. The maximum atomic E-state index is 12.0. The summed E-state index contributed by atoms with van der Waals surface area (Å²) in [5, 5.41) is 16.2. The SMILES string of the molecule is C#C.CC.CCNC1=C(Nc2cccc(C(=O)N(C)C)c2O)C(=O)C1. The predicted octanol–water partition coefficient (Wildman–Crippen LogP) is 2.58. The highest BCUT2D eigenvalue weighted by Gasteiger charge is 2.28. The van der Waals surface area contributed by atoms with Crippen LogP contribution in [0.25, 0.3) is 0 Å². The van der Waals surface area contributed by atoms with Crippen LogP contribution in [-0.4, -0.2) is 42.3 Å². The second-order valence-electron chi connectivity index (χ2n) is 5.01. The minimum Gasteiger partial charge on any atom is -0.505 e. The molecule has 0 bridgehead atoms. The minimum atomic E-state index is -0.294. The first kappa shape index (κ1) is 22.1. The van der Waals surface area contributed by atoms with E-state index in [1.54, 1.807) is 32.3 Å². The number of ketones is 1. The number of Topliss-reactive ketones (excluding diaryl/α,β-unsaturated/α-hetero) is 1. The zero-order valence-electron chi connectivity index (χ0n) is 15.5. The van der Waals surface area contributed by atoms with Crippen LogP contribution < -0.4 is 10.6 Å². The lowest BCUT2D eigenvalue weighted by molar-refractivity contribution is -0.116. The molecule has 0 aliphatic heterocycles. The number of hydrogen-bond acceptors (Lipinski definition) is 5. The molecule has 1 aliphatic carbocycles. The third-order valence-corrected chi connectivity index (χ3v) is 3.24. The number of benzene rings is 1. The molecule has 1 aromatic carbocycles. The van der Waals surface area contributed by atoms with Crippen molar-refractivity contribution >= 4 is 17.4 Å². The molecule has 1 amide bonds. The van der Waals surface area contributed by atoms with Gasteiger partial charge < -0.3 is 20.6 Å². The molecule has 6 heteroatoms. The Morgan fingerprint density at radius 2 is 1.88 bits per heavy atom. The average Bonchev–Trinajstić information content (AvgIpc) is 2.63. The summed E-state index contributed by atoms with van der Waals surface area (Å²) in [6.07, 6.45) is 8.37. The molecule has 0 unspecified atom stereocenters. The number of amides is 1. The Labute approximate surface area is 149 Å². The van der Waals surface area contributed by atoms with Gasteiger partial charge in [0.2, 0.25) is 0 Å². The van der Waals surface area contributed by atoms with Crippen LogP contribution in [-0.2, 0) is 4.79 Å². The number of nitrogens with one attached hydrogen (secondary N) is 2. The van der Waals surface area contributed by atoms with Crippen LogP contribution in [0.4, 0.5) is 5.69 Å². The number of carbonyl (C=O) groups excluding carboxylic acids is 2. The highest BCUT2D eigenvalue weighted by Crippen LogP contribution is 2.32. The molecule has 136 valence electrons. The number of terminal acetylenes is 1. The van der Waals surface area contributed by atoms with Crippen molar-refractivity contribution in [3.8, 4) is 18.6 Å². The van der Waals surface area contributed by atoms with Crippen molar-refractivity contribution in [3.63, 3.8) is 0 Å². The summed E-state index contributed by atoms with van der Waals surface area (Å²) in [5.74, 6) is -0.467. The monoisotopic (exact) mass is 345 g/mol. The Morgan fingerprint density at radius 1 is 1.28 bits per heavy atom. The van der Waals surface area contributed by atoms with E-state index in [0.29, 0.717) is 17.8 Å². The average molecular weight is 345 g/mol. The Morgan fingerprint density at radius 3 is 2.36 bits per heavy atom. The smallest absolute Gasteiger partial charge is 0.257 e. The fourth-order valence-corrected chi connectivity index (χ4v) is 2.10. The highest BCUT2D eigenvalue weighted by atomic mass is 16.3. The molecule has 1 aromatic rings. The zero-order valence-corrected chi connectivity index (χ0v) is 15.5. The lowest BCUT2D eigenvalue weighted by atomic mass is 9.98. The zero-order chi connectivity index (χ0) is 19.6. The summed E-state index contributed by atoms with van der Waals surface area (Å²) < 4.78 is 0. The Balaban J connectivity index is 0.00000134. The van der Waals surface area contributed by atoms with Crippen molar-refractivity contribution in [3.05, 3.63) is 35.2 Å². The molecular formula is C19H27N3O3. The third-order valence-electron chi connectivity index (χ3n) is 3.24. The summed E-state index contributed by atoms with van der Waals surface area (Å²) in [4.78, 5) is 25.0. The van der Waals surface area contributed by atoms with Gasteiger partial charge in [0.25, 0.3) is 5.91 Å². The number of nitrogens with zero attached hydrogens (tertiary/aromatic N) is 1. The molecule has 6 nitrogen and oxygen atoms in total. The van der Waals surface area contributed by atoms with Crippen LogP contribution in [0.2, 0.25) is 0 Å². The van der Waals surface area contributed by atoms with Crippen LogP contribution in [0.5, 0.6) is 5.75 Å². The van der Waals surface area contributed by atoms with Crippen molar-refractivity contribution in [2.75, 3.05) is 26.0 Å². The van der Waals surface area contributed by atoms with Gasteiger partial charge in [0.15, 0.2) is 11.5 Å². The number of carbonyl (C=O) groups is 2.